The zero-order valence-corrected chi connectivity index (χ0v) is 11.6. The van der Waals surface area contributed by atoms with Crippen LogP contribution in [-0.4, -0.2) is 15.0 Å². The Labute approximate surface area is 126 Å². The fourth-order valence-electron chi connectivity index (χ4n) is 2.08. The molecule has 0 atom stereocenters. The van der Waals surface area contributed by atoms with Crippen LogP contribution in [0.25, 0.3) is 11.0 Å². The number of alkyl halides is 3. The Morgan fingerprint density at radius 1 is 1.09 bits per heavy atom. The van der Waals surface area contributed by atoms with Gasteiger partial charge in [0.2, 0.25) is 5.82 Å². The first kappa shape index (κ1) is 15.2. The Bertz CT molecular complexity index is 885. The number of halogens is 5. The Morgan fingerprint density at radius 3 is 2.48 bits per heavy atom. The first-order valence-electron chi connectivity index (χ1n) is 6.40. The molecule has 0 unspecified atom stereocenters. The van der Waals surface area contributed by atoms with Crippen molar-refractivity contribution >= 4 is 22.5 Å². The summed E-state index contributed by atoms with van der Waals surface area (Å²) in [4.78, 5) is 9.51. The van der Waals surface area contributed by atoms with Crippen molar-refractivity contribution in [2.24, 2.45) is 0 Å². The van der Waals surface area contributed by atoms with E-state index in [-0.39, 0.29) is 22.5 Å². The highest BCUT2D eigenvalue weighted by Crippen LogP contribution is 2.32. The van der Waals surface area contributed by atoms with E-state index in [1.54, 1.807) is 6.92 Å². The van der Waals surface area contributed by atoms with Gasteiger partial charge in [-0.3, -0.25) is 0 Å². The van der Waals surface area contributed by atoms with Gasteiger partial charge >= 0.3 is 6.18 Å². The van der Waals surface area contributed by atoms with Gasteiger partial charge < -0.3 is 10.3 Å². The zero-order chi connectivity index (χ0) is 16.8. The van der Waals surface area contributed by atoms with Crippen LogP contribution < -0.4 is 5.32 Å². The number of benzene rings is 1. The fourth-order valence-corrected chi connectivity index (χ4v) is 2.08. The van der Waals surface area contributed by atoms with Crippen LogP contribution in [0, 0.1) is 18.6 Å². The average Bonchev–Trinajstić information content (AvgIpc) is 2.81. The van der Waals surface area contributed by atoms with E-state index in [0.717, 1.165) is 12.1 Å². The second-order valence-electron chi connectivity index (χ2n) is 4.86. The van der Waals surface area contributed by atoms with E-state index in [0.29, 0.717) is 11.8 Å². The van der Waals surface area contributed by atoms with E-state index in [1.165, 1.54) is 6.07 Å². The maximum atomic E-state index is 13.7. The maximum Gasteiger partial charge on any atom is 0.451 e. The van der Waals surface area contributed by atoms with Gasteiger partial charge in [0.15, 0.2) is 0 Å². The minimum Gasteiger partial charge on any atom is -0.343 e. The van der Waals surface area contributed by atoms with Crippen LogP contribution in [0.4, 0.5) is 33.5 Å². The molecule has 23 heavy (non-hydrogen) atoms. The first-order valence-corrected chi connectivity index (χ1v) is 6.40. The van der Waals surface area contributed by atoms with Gasteiger partial charge in [0.25, 0.3) is 0 Å². The third kappa shape index (κ3) is 2.94. The van der Waals surface area contributed by atoms with Gasteiger partial charge in [-0.25, -0.2) is 18.7 Å². The van der Waals surface area contributed by atoms with Crippen molar-refractivity contribution < 1.29 is 22.0 Å². The maximum absolute atomic E-state index is 13.7. The number of hydrogen-bond donors (Lipinski definition) is 2. The molecule has 2 heterocycles. The van der Waals surface area contributed by atoms with Gasteiger partial charge in [-0.15, -0.1) is 0 Å². The van der Waals surface area contributed by atoms with Gasteiger partial charge in [-0.2, -0.15) is 13.2 Å². The molecular formula is C14H9F5N4. The van der Waals surface area contributed by atoms with Crippen LogP contribution in [0.2, 0.25) is 0 Å². The fraction of sp³-hybridized carbons (Fsp3) is 0.143. The molecule has 0 spiro atoms. The van der Waals surface area contributed by atoms with E-state index >= 15 is 0 Å². The van der Waals surface area contributed by atoms with Crippen molar-refractivity contribution in [2.45, 2.75) is 13.1 Å². The average molecular weight is 328 g/mol. The molecule has 0 aliphatic rings. The number of aromatic nitrogens is 3. The molecule has 0 fully saturated rings. The van der Waals surface area contributed by atoms with Gasteiger partial charge in [0.1, 0.15) is 23.1 Å². The summed E-state index contributed by atoms with van der Waals surface area (Å²) in [6, 6.07) is 4.20. The molecule has 1 aromatic carbocycles. The Balaban J connectivity index is 2.15. The van der Waals surface area contributed by atoms with Gasteiger partial charge in [0, 0.05) is 11.8 Å². The van der Waals surface area contributed by atoms with Crippen LogP contribution in [0.15, 0.2) is 24.3 Å². The minimum absolute atomic E-state index is 0.0326. The van der Waals surface area contributed by atoms with Crippen molar-refractivity contribution in [3.05, 3.63) is 47.4 Å². The van der Waals surface area contributed by atoms with E-state index in [4.69, 9.17) is 0 Å². The van der Waals surface area contributed by atoms with Crippen LogP contribution >= 0.6 is 0 Å². The largest absolute Gasteiger partial charge is 0.451 e. The van der Waals surface area contributed by atoms with E-state index in [2.05, 4.69) is 20.3 Å². The molecule has 0 saturated heterocycles. The number of anilines is 2. The molecule has 0 saturated carbocycles. The molecule has 9 heteroatoms. The van der Waals surface area contributed by atoms with E-state index in [1.807, 2.05) is 0 Å². The van der Waals surface area contributed by atoms with Crippen LogP contribution in [-0.2, 0) is 6.18 Å². The summed E-state index contributed by atoms with van der Waals surface area (Å²) in [5, 5.41) is 2.72. The molecule has 3 aromatic rings. The highest BCUT2D eigenvalue weighted by Gasteiger charge is 2.36. The number of aromatic amines is 1. The lowest BCUT2D eigenvalue weighted by molar-refractivity contribution is -0.144. The van der Waals surface area contributed by atoms with Crippen molar-refractivity contribution in [1.82, 2.24) is 15.0 Å². The van der Waals surface area contributed by atoms with Crippen molar-refractivity contribution in [3.63, 3.8) is 0 Å². The third-order valence-corrected chi connectivity index (χ3v) is 3.06. The number of rotatable bonds is 2. The molecule has 0 aliphatic carbocycles. The summed E-state index contributed by atoms with van der Waals surface area (Å²) in [6.07, 6.45) is -4.76. The Morgan fingerprint density at radius 2 is 1.83 bits per heavy atom. The number of nitrogens with one attached hydrogen (secondary N) is 2. The van der Waals surface area contributed by atoms with Gasteiger partial charge in [0.05, 0.1) is 11.1 Å². The predicted octanol–water partition coefficient (Wildman–Crippen LogP) is 4.31. The Hall–Kier alpha value is -2.71. The van der Waals surface area contributed by atoms with E-state index < -0.39 is 23.6 Å². The summed E-state index contributed by atoms with van der Waals surface area (Å²) < 4.78 is 65.3. The topological polar surface area (TPSA) is 53.6 Å². The molecule has 120 valence electrons. The monoisotopic (exact) mass is 328 g/mol. The van der Waals surface area contributed by atoms with Gasteiger partial charge in [-0.1, -0.05) is 0 Å². The lowest BCUT2D eigenvalue weighted by atomic mass is 10.2. The second-order valence-corrected chi connectivity index (χ2v) is 4.86. The lowest BCUT2D eigenvalue weighted by Crippen LogP contribution is -2.12. The molecule has 0 aliphatic heterocycles. The number of hydrogen-bond acceptors (Lipinski definition) is 3. The smallest absolute Gasteiger partial charge is 0.343 e. The first-order chi connectivity index (χ1) is 10.7. The normalized spacial score (nSPS) is 11.9. The predicted molar refractivity (Wildman–Crippen MR) is 73.3 cm³/mol. The molecule has 0 amide bonds. The number of nitrogens with zero attached hydrogens (tertiary/aromatic N) is 2. The zero-order valence-electron chi connectivity index (χ0n) is 11.6. The highest BCUT2D eigenvalue weighted by atomic mass is 19.4. The SMILES string of the molecule is Cc1cc2c(Nc3ccc(F)cc3F)nc(C(F)(F)F)nc2[nH]1. The molecule has 2 N–H and O–H groups in total. The van der Waals surface area contributed by atoms with Gasteiger partial charge in [-0.05, 0) is 25.1 Å². The minimum atomic E-state index is -4.76. The molecule has 0 bridgehead atoms. The third-order valence-electron chi connectivity index (χ3n) is 3.06. The standard InChI is InChI=1S/C14H9F5N4/c1-6-4-8-11(20-6)22-13(14(17,18)19)23-12(8)21-10-3-2-7(15)5-9(10)16/h2-5H,1H3,(H2,20,21,22,23). The number of fused-ring (bicyclic) bond motifs is 1. The van der Waals surface area contributed by atoms with E-state index in [9.17, 15) is 22.0 Å². The quantitative estimate of drug-likeness (QED) is 0.689. The summed E-state index contributed by atoms with van der Waals surface area (Å²) in [6.45, 7) is 1.64. The number of aryl methyl sites for hydroxylation is 1. The second kappa shape index (κ2) is 5.18. The van der Waals surface area contributed by atoms with Crippen LogP contribution in [0.1, 0.15) is 11.5 Å². The highest BCUT2D eigenvalue weighted by molar-refractivity contribution is 5.89. The molecular weight excluding hydrogens is 319 g/mol. The summed E-state index contributed by atoms with van der Waals surface area (Å²) in [7, 11) is 0. The summed E-state index contributed by atoms with van der Waals surface area (Å²) in [5.41, 5.74) is 0.337. The molecule has 2 aromatic heterocycles. The summed E-state index contributed by atoms with van der Waals surface area (Å²) in [5.74, 6) is -3.33. The Kier molecular flexibility index (Phi) is 3.42. The molecule has 4 nitrogen and oxygen atoms in total. The van der Waals surface area contributed by atoms with Crippen molar-refractivity contribution in [2.75, 3.05) is 5.32 Å². The molecule has 3 rings (SSSR count). The molecule has 0 radical (unpaired) electrons. The van der Waals surface area contributed by atoms with Crippen LogP contribution in [0.3, 0.4) is 0 Å². The lowest BCUT2D eigenvalue weighted by Gasteiger charge is -2.11. The summed E-state index contributed by atoms with van der Waals surface area (Å²) >= 11 is 0. The van der Waals surface area contributed by atoms with Crippen molar-refractivity contribution in [3.8, 4) is 0 Å². The number of H-pyrrole nitrogens is 1. The van der Waals surface area contributed by atoms with Crippen molar-refractivity contribution in [1.29, 1.82) is 0 Å². The van der Waals surface area contributed by atoms with Crippen LogP contribution in [0.5, 0.6) is 0 Å².